The van der Waals surface area contributed by atoms with Crippen LogP contribution in [0.15, 0.2) is 73.1 Å². The predicted molar refractivity (Wildman–Crippen MR) is 123 cm³/mol. The van der Waals surface area contributed by atoms with Crippen molar-refractivity contribution in [1.82, 2.24) is 14.9 Å². The maximum absolute atomic E-state index is 12.6. The molecule has 2 heterocycles. The van der Waals surface area contributed by atoms with E-state index in [2.05, 4.69) is 14.9 Å². The van der Waals surface area contributed by atoms with Crippen LogP contribution in [0.5, 0.6) is 5.75 Å². The lowest BCUT2D eigenvalue weighted by atomic mass is 10.1. The molecule has 1 aliphatic rings. The quantitative estimate of drug-likeness (QED) is 0.573. The van der Waals surface area contributed by atoms with Crippen LogP contribution >= 0.6 is 0 Å². The van der Waals surface area contributed by atoms with E-state index in [1.54, 1.807) is 12.4 Å². The van der Waals surface area contributed by atoms with Crippen LogP contribution in [-0.2, 0) is 4.79 Å². The Morgan fingerprint density at radius 2 is 1.74 bits per heavy atom. The van der Waals surface area contributed by atoms with Gasteiger partial charge in [-0.3, -0.25) is 4.79 Å². The highest BCUT2D eigenvalue weighted by molar-refractivity contribution is 5.92. The smallest absolute Gasteiger partial charge is 0.246 e. The molecule has 0 radical (unpaired) electrons. The van der Waals surface area contributed by atoms with Crippen LogP contribution < -0.4 is 9.64 Å². The number of ether oxygens (including phenoxy) is 1. The molecule has 0 spiro atoms. The van der Waals surface area contributed by atoms with Crippen LogP contribution in [0, 0.1) is 0 Å². The topological polar surface area (TPSA) is 58.6 Å². The minimum atomic E-state index is 0.0289. The first kappa shape index (κ1) is 20.6. The summed E-state index contributed by atoms with van der Waals surface area (Å²) >= 11 is 0. The molecule has 6 nitrogen and oxygen atoms in total. The third-order valence-electron chi connectivity index (χ3n) is 5.25. The normalized spacial score (nSPS) is 14.1. The van der Waals surface area contributed by atoms with Gasteiger partial charge in [-0.05, 0) is 30.7 Å². The molecular weight excluding hydrogens is 388 g/mol. The summed E-state index contributed by atoms with van der Waals surface area (Å²) in [5.41, 5.74) is 2.95. The first-order valence-electron chi connectivity index (χ1n) is 10.5. The number of hydrogen-bond acceptors (Lipinski definition) is 5. The van der Waals surface area contributed by atoms with Gasteiger partial charge < -0.3 is 14.5 Å². The molecule has 0 unspecified atom stereocenters. The third kappa shape index (κ3) is 5.28. The van der Waals surface area contributed by atoms with Crippen LogP contribution in [-0.4, -0.2) is 53.6 Å². The predicted octanol–water partition coefficient (Wildman–Crippen LogP) is 3.90. The third-order valence-corrected chi connectivity index (χ3v) is 5.25. The second kappa shape index (κ2) is 9.89. The van der Waals surface area contributed by atoms with E-state index in [-0.39, 0.29) is 5.91 Å². The fraction of sp³-hybridized carbons (Fsp3) is 0.240. The van der Waals surface area contributed by atoms with Crippen molar-refractivity contribution < 1.29 is 9.53 Å². The first-order chi connectivity index (χ1) is 15.2. The second-order valence-corrected chi connectivity index (χ2v) is 7.28. The van der Waals surface area contributed by atoms with E-state index >= 15 is 0 Å². The maximum Gasteiger partial charge on any atom is 0.246 e. The highest BCUT2D eigenvalue weighted by Crippen LogP contribution is 2.21. The average Bonchev–Trinajstić information content (AvgIpc) is 2.84. The van der Waals surface area contributed by atoms with Gasteiger partial charge in [0, 0.05) is 43.9 Å². The van der Waals surface area contributed by atoms with Crippen molar-refractivity contribution in [3.8, 4) is 17.0 Å². The van der Waals surface area contributed by atoms with Gasteiger partial charge in [-0.1, -0.05) is 42.5 Å². The molecule has 1 amide bonds. The van der Waals surface area contributed by atoms with Gasteiger partial charge in [0.15, 0.2) is 0 Å². The van der Waals surface area contributed by atoms with Gasteiger partial charge in [-0.2, -0.15) is 0 Å². The fourth-order valence-electron chi connectivity index (χ4n) is 3.56. The zero-order valence-electron chi connectivity index (χ0n) is 17.6. The lowest BCUT2D eigenvalue weighted by Gasteiger charge is -2.35. The van der Waals surface area contributed by atoms with Crippen LogP contribution in [0.25, 0.3) is 17.3 Å². The van der Waals surface area contributed by atoms with Crippen LogP contribution in [0.3, 0.4) is 0 Å². The van der Waals surface area contributed by atoms with Crippen LogP contribution in [0.4, 0.5) is 5.82 Å². The number of amides is 1. The number of nitrogens with zero attached hydrogens (tertiary/aromatic N) is 4. The van der Waals surface area contributed by atoms with Gasteiger partial charge >= 0.3 is 0 Å². The zero-order valence-corrected chi connectivity index (χ0v) is 17.6. The molecule has 2 aromatic carbocycles. The van der Waals surface area contributed by atoms with Crippen molar-refractivity contribution >= 4 is 17.8 Å². The van der Waals surface area contributed by atoms with Crippen molar-refractivity contribution in [3.63, 3.8) is 0 Å². The molecule has 158 valence electrons. The summed E-state index contributed by atoms with van der Waals surface area (Å²) < 4.78 is 5.45. The number of rotatable bonds is 6. The number of anilines is 1. The Kier molecular flexibility index (Phi) is 6.57. The Labute approximate surface area is 182 Å². The van der Waals surface area contributed by atoms with E-state index in [4.69, 9.17) is 4.74 Å². The Balaban J connectivity index is 1.34. The van der Waals surface area contributed by atoms with Crippen molar-refractivity contribution in [2.24, 2.45) is 0 Å². The fourth-order valence-corrected chi connectivity index (χ4v) is 3.56. The molecule has 1 fully saturated rings. The zero-order chi connectivity index (χ0) is 21.5. The Morgan fingerprint density at radius 1 is 1.00 bits per heavy atom. The van der Waals surface area contributed by atoms with E-state index in [1.807, 2.05) is 78.6 Å². The van der Waals surface area contributed by atoms with Crippen molar-refractivity contribution in [3.05, 3.63) is 78.6 Å². The largest absolute Gasteiger partial charge is 0.494 e. The molecule has 4 rings (SSSR count). The van der Waals surface area contributed by atoms with Gasteiger partial charge in [0.2, 0.25) is 5.91 Å². The summed E-state index contributed by atoms with van der Waals surface area (Å²) in [6.45, 7) is 5.41. The molecule has 31 heavy (non-hydrogen) atoms. The summed E-state index contributed by atoms with van der Waals surface area (Å²) in [4.78, 5) is 25.5. The standard InChI is InChI=1S/C25H26N4O2/c1-2-31-22-11-8-20(9-12-22)10-13-25(30)29-16-14-28(15-17-29)24-18-23(26-19-27-24)21-6-4-3-5-7-21/h3-13,18-19H,2,14-17H2,1H3/b13-10+. The molecule has 0 aliphatic carbocycles. The second-order valence-electron chi connectivity index (χ2n) is 7.28. The molecular formula is C25H26N4O2. The molecule has 6 heteroatoms. The highest BCUT2D eigenvalue weighted by atomic mass is 16.5. The Hall–Kier alpha value is -3.67. The molecule has 1 saturated heterocycles. The number of piperazine rings is 1. The SMILES string of the molecule is CCOc1ccc(/C=C/C(=O)N2CCN(c3cc(-c4ccccc4)ncn3)CC2)cc1. The van der Waals surface area contributed by atoms with E-state index in [9.17, 15) is 4.79 Å². The number of carbonyl (C=O) groups excluding carboxylic acids is 1. The van der Waals surface area contributed by atoms with Crippen molar-refractivity contribution in [2.75, 3.05) is 37.7 Å². The Morgan fingerprint density at radius 3 is 2.45 bits per heavy atom. The maximum atomic E-state index is 12.6. The highest BCUT2D eigenvalue weighted by Gasteiger charge is 2.21. The van der Waals surface area contributed by atoms with E-state index < -0.39 is 0 Å². The van der Waals surface area contributed by atoms with Crippen molar-refractivity contribution in [1.29, 1.82) is 0 Å². The van der Waals surface area contributed by atoms with Gasteiger partial charge in [-0.25, -0.2) is 9.97 Å². The molecule has 0 saturated carbocycles. The van der Waals surface area contributed by atoms with Crippen LogP contribution in [0.2, 0.25) is 0 Å². The summed E-state index contributed by atoms with van der Waals surface area (Å²) in [6.07, 6.45) is 5.10. The minimum Gasteiger partial charge on any atom is -0.494 e. The summed E-state index contributed by atoms with van der Waals surface area (Å²) in [5.74, 6) is 1.76. The minimum absolute atomic E-state index is 0.0289. The first-order valence-corrected chi connectivity index (χ1v) is 10.5. The summed E-state index contributed by atoms with van der Waals surface area (Å²) in [6, 6.07) is 19.8. The van der Waals surface area contributed by atoms with E-state index in [0.29, 0.717) is 19.7 Å². The lowest BCUT2D eigenvalue weighted by molar-refractivity contribution is -0.126. The van der Waals surface area contributed by atoms with Crippen LogP contribution in [0.1, 0.15) is 12.5 Å². The number of benzene rings is 2. The molecule has 0 N–H and O–H groups in total. The summed E-state index contributed by atoms with van der Waals surface area (Å²) in [7, 11) is 0. The average molecular weight is 415 g/mol. The Bertz CT molecular complexity index is 1030. The number of carbonyl (C=O) groups is 1. The molecule has 1 aliphatic heterocycles. The molecule has 3 aromatic rings. The van der Waals surface area contributed by atoms with Gasteiger partial charge in [0.05, 0.1) is 12.3 Å². The lowest BCUT2D eigenvalue weighted by Crippen LogP contribution is -2.48. The monoisotopic (exact) mass is 414 g/mol. The molecule has 0 atom stereocenters. The van der Waals surface area contributed by atoms with E-state index in [1.165, 1.54) is 0 Å². The van der Waals surface area contributed by atoms with Gasteiger partial charge in [0.1, 0.15) is 17.9 Å². The summed E-state index contributed by atoms with van der Waals surface area (Å²) in [5, 5.41) is 0. The molecule has 1 aromatic heterocycles. The van der Waals surface area contributed by atoms with Gasteiger partial charge in [-0.15, -0.1) is 0 Å². The number of hydrogen-bond donors (Lipinski definition) is 0. The van der Waals surface area contributed by atoms with Crippen molar-refractivity contribution in [2.45, 2.75) is 6.92 Å². The van der Waals surface area contributed by atoms with Gasteiger partial charge in [0.25, 0.3) is 0 Å². The molecule has 0 bridgehead atoms. The number of aromatic nitrogens is 2. The van der Waals surface area contributed by atoms with E-state index in [0.717, 1.165) is 41.5 Å².